The Morgan fingerprint density at radius 1 is 1.47 bits per heavy atom. The lowest BCUT2D eigenvalue weighted by Gasteiger charge is -2.06. The largest absolute Gasteiger partial charge is 0.382 e. The number of unbranched alkanes of at least 4 members (excludes halogenated alkanes) is 1. The van der Waals surface area contributed by atoms with Crippen LogP contribution in [-0.2, 0) is 0 Å². The zero-order chi connectivity index (χ0) is 10.7. The van der Waals surface area contributed by atoms with Gasteiger partial charge in [-0.15, -0.1) is 10.2 Å². The Balaban J connectivity index is 2.27. The fourth-order valence-electron chi connectivity index (χ4n) is 1.48. The minimum atomic E-state index is 0.789. The number of aromatic nitrogens is 4. The second kappa shape index (κ2) is 4.25. The molecule has 0 fully saturated rings. The third-order valence-corrected chi connectivity index (χ3v) is 2.24. The van der Waals surface area contributed by atoms with Gasteiger partial charge in [-0.2, -0.15) is 9.61 Å². The summed E-state index contributed by atoms with van der Waals surface area (Å²) in [7, 11) is 0. The van der Waals surface area contributed by atoms with Crippen LogP contribution in [0.25, 0.3) is 5.65 Å². The molecule has 0 saturated heterocycles. The van der Waals surface area contributed by atoms with E-state index in [1.807, 2.05) is 13.0 Å². The maximum atomic E-state index is 4.28. The Morgan fingerprint density at radius 3 is 3.13 bits per heavy atom. The van der Waals surface area contributed by atoms with E-state index >= 15 is 0 Å². The van der Waals surface area contributed by atoms with E-state index in [-0.39, 0.29) is 0 Å². The van der Waals surface area contributed by atoms with Gasteiger partial charge in [-0.05, 0) is 19.4 Å². The molecule has 0 bridgehead atoms. The fourth-order valence-corrected chi connectivity index (χ4v) is 1.48. The molecule has 1 N–H and O–H groups in total. The van der Waals surface area contributed by atoms with Crippen LogP contribution in [0.1, 0.15) is 25.5 Å². The molecule has 0 radical (unpaired) electrons. The SMILES string of the molecule is CCCCNc1cc(C)nn2cnnc12. The molecule has 0 unspecified atom stereocenters. The molecule has 2 aromatic heterocycles. The molecule has 0 amide bonds. The van der Waals surface area contributed by atoms with Gasteiger partial charge in [0.05, 0.1) is 11.4 Å². The van der Waals surface area contributed by atoms with Gasteiger partial charge < -0.3 is 5.32 Å². The second-order valence-corrected chi connectivity index (χ2v) is 3.58. The highest BCUT2D eigenvalue weighted by atomic mass is 15.3. The lowest BCUT2D eigenvalue weighted by Crippen LogP contribution is -2.05. The average Bonchev–Trinajstić information content (AvgIpc) is 2.65. The third-order valence-electron chi connectivity index (χ3n) is 2.24. The minimum Gasteiger partial charge on any atom is -0.382 e. The quantitative estimate of drug-likeness (QED) is 0.771. The van der Waals surface area contributed by atoms with Gasteiger partial charge in [0, 0.05) is 6.54 Å². The van der Waals surface area contributed by atoms with E-state index in [1.54, 1.807) is 10.8 Å². The summed E-state index contributed by atoms with van der Waals surface area (Å²) >= 11 is 0. The molecule has 2 rings (SSSR count). The molecule has 0 atom stereocenters. The van der Waals surface area contributed by atoms with Gasteiger partial charge in [-0.25, -0.2) is 0 Å². The van der Waals surface area contributed by atoms with Crippen LogP contribution in [0.4, 0.5) is 5.69 Å². The Kier molecular flexibility index (Phi) is 2.80. The van der Waals surface area contributed by atoms with Crippen LogP contribution in [0.3, 0.4) is 0 Å². The molecule has 80 valence electrons. The number of hydrogen-bond acceptors (Lipinski definition) is 4. The van der Waals surface area contributed by atoms with Crippen molar-refractivity contribution in [3.05, 3.63) is 18.1 Å². The van der Waals surface area contributed by atoms with E-state index in [1.165, 1.54) is 6.42 Å². The molecule has 2 heterocycles. The summed E-state index contributed by atoms with van der Waals surface area (Å²) in [6, 6.07) is 2.00. The van der Waals surface area contributed by atoms with Gasteiger partial charge in [0.15, 0.2) is 0 Å². The van der Waals surface area contributed by atoms with Crippen LogP contribution < -0.4 is 5.32 Å². The van der Waals surface area contributed by atoms with Crippen LogP contribution in [-0.4, -0.2) is 26.4 Å². The van der Waals surface area contributed by atoms with Crippen LogP contribution in [0, 0.1) is 6.92 Å². The van der Waals surface area contributed by atoms with Crippen molar-refractivity contribution in [2.75, 3.05) is 11.9 Å². The maximum Gasteiger partial charge on any atom is 0.200 e. The highest BCUT2D eigenvalue weighted by molar-refractivity contribution is 5.66. The first-order valence-corrected chi connectivity index (χ1v) is 5.23. The topological polar surface area (TPSA) is 55.1 Å². The maximum absolute atomic E-state index is 4.28. The van der Waals surface area contributed by atoms with Crippen LogP contribution in [0.15, 0.2) is 12.4 Å². The van der Waals surface area contributed by atoms with Crippen molar-refractivity contribution < 1.29 is 0 Å². The van der Waals surface area contributed by atoms with Gasteiger partial charge in [0.25, 0.3) is 0 Å². The van der Waals surface area contributed by atoms with Crippen molar-refractivity contribution in [1.82, 2.24) is 19.8 Å². The monoisotopic (exact) mass is 205 g/mol. The predicted molar refractivity (Wildman–Crippen MR) is 58.9 cm³/mol. The van der Waals surface area contributed by atoms with Crippen molar-refractivity contribution in [3.63, 3.8) is 0 Å². The first kappa shape index (κ1) is 9.89. The highest BCUT2D eigenvalue weighted by Gasteiger charge is 2.04. The van der Waals surface area contributed by atoms with E-state index in [0.29, 0.717) is 0 Å². The summed E-state index contributed by atoms with van der Waals surface area (Å²) in [4.78, 5) is 0. The van der Waals surface area contributed by atoms with Gasteiger partial charge in [0.1, 0.15) is 6.33 Å². The number of hydrogen-bond donors (Lipinski definition) is 1. The number of aryl methyl sites for hydroxylation is 1. The van der Waals surface area contributed by atoms with E-state index < -0.39 is 0 Å². The van der Waals surface area contributed by atoms with Gasteiger partial charge in [-0.1, -0.05) is 13.3 Å². The normalized spacial score (nSPS) is 10.8. The van der Waals surface area contributed by atoms with Gasteiger partial charge in [-0.3, -0.25) is 0 Å². The molecular weight excluding hydrogens is 190 g/mol. The zero-order valence-electron chi connectivity index (χ0n) is 9.06. The molecular formula is C10H15N5. The Morgan fingerprint density at radius 2 is 2.33 bits per heavy atom. The Hall–Kier alpha value is -1.65. The number of anilines is 1. The number of nitrogens with zero attached hydrogens (tertiary/aromatic N) is 4. The lowest BCUT2D eigenvalue weighted by atomic mass is 10.3. The van der Waals surface area contributed by atoms with Crippen LogP contribution in [0.5, 0.6) is 0 Å². The summed E-state index contributed by atoms with van der Waals surface area (Å²) in [6.07, 6.45) is 3.95. The molecule has 0 aliphatic carbocycles. The molecule has 0 saturated carbocycles. The lowest BCUT2D eigenvalue weighted by molar-refractivity contribution is 0.830. The molecule has 5 nitrogen and oxygen atoms in total. The number of nitrogens with one attached hydrogen (secondary N) is 1. The van der Waals surface area contributed by atoms with Crippen molar-refractivity contribution in [2.24, 2.45) is 0 Å². The molecule has 0 aromatic carbocycles. The molecule has 0 spiro atoms. The van der Waals surface area contributed by atoms with Crippen molar-refractivity contribution in [3.8, 4) is 0 Å². The fraction of sp³-hybridized carbons (Fsp3) is 0.500. The summed E-state index contributed by atoms with van der Waals surface area (Å²) in [5.74, 6) is 0. The Bertz CT molecular complexity index is 448. The highest BCUT2D eigenvalue weighted by Crippen LogP contribution is 2.14. The van der Waals surface area contributed by atoms with Crippen molar-refractivity contribution in [2.45, 2.75) is 26.7 Å². The van der Waals surface area contributed by atoms with E-state index in [0.717, 1.165) is 30.0 Å². The second-order valence-electron chi connectivity index (χ2n) is 3.58. The zero-order valence-corrected chi connectivity index (χ0v) is 9.06. The molecule has 0 aliphatic rings. The Labute approximate surface area is 88.5 Å². The smallest absolute Gasteiger partial charge is 0.200 e. The molecule has 0 aliphatic heterocycles. The predicted octanol–water partition coefficient (Wildman–Crippen LogP) is 1.64. The molecule has 2 aromatic rings. The van der Waals surface area contributed by atoms with Crippen LogP contribution >= 0.6 is 0 Å². The standard InChI is InChI=1S/C10H15N5/c1-3-4-5-11-9-6-8(2)14-15-7-12-13-10(9)15/h6-7,11H,3-5H2,1-2H3. The average molecular weight is 205 g/mol. The van der Waals surface area contributed by atoms with E-state index in [4.69, 9.17) is 0 Å². The van der Waals surface area contributed by atoms with Gasteiger partial charge in [0.2, 0.25) is 5.65 Å². The van der Waals surface area contributed by atoms with Crippen LogP contribution in [0.2, 0.25) is 0 Å². The first-order chi connectivity index (χ1) is 7.31. The molecule has 15 heavy (non-hydrogen) atoms. The van der Waals surface area contributed by atoms with Gasteiger partial charge >= 0.3 is 0 Å². The minimum absolute atomic E-state index is 0.789. The molecule has 5 heteroatoms. The van der Waals surface area contributed by atoms with E-state index in [9.17, 15) is 0 Å². The summed E-state index contributed by atoms with van der Waals surface area (Å²) in [5, 5.41) is 15.5. The van der Waals surface area contributed by atoms with E-state index in [2.05, 4.69) is 27.5 Å². The summed E-state index contributed by atoms with van der Waals surface area (Å²) in [5.41, 5.74) is 2.76. The number of rotatable bonds is 4. The summed E-state index contributed by atoms with van der Waals surface area (Å²) in [6.45, 7) is 5.10. The van der Waals surface area contributed by atoms with Crippen molar-refractivity contribution >= 4 is 11.3 Å². The third kappa shape index (κ3) is 2.06. The summed E-state index contributed by atoms with van der Waals surface area (Å²) < 4.78 is 1.70. The van der Waals surface area contributed by atoms with Crippen molar-refractivity contribution in [1.29, 1.82) is 0 Å². The first-order valence-electron chi connectivity index (χ1n) is 5.23. The number of fused-ring (bicyclic) bond motifs is 1.